The van der Waals surface area contributed by atoms with Gasteiger partial charge in [-0.2, -0.15) is 0 Å². The molecule has 0 aromatic carbocycles. The standard InChI is InChI=1S/C40H44N4O6/c1-8-18-49-37(45)14-12-28-23(5)31(20-32-26(10-3)25(7)39(47)42-32)41-33(28)22-36-29(13-15-38(46)50-19-9-2)24(6)35-21-34-30(16-17-44(35)36)27(11-4)40(48)43-34/h8-10,20-22,41H,1-3,11-19H2,4-7H3,(H,42,47)/b32-20-,36-22-. The molecule has 0 atom stereocenters. The number of carbonyl (C=O) groups excluding carboxylic acids is 4. The van der Waals surface area contributed by atoms with Gasteiger partial charge in [0.1, 0.15) is 13.2 Å². The minimum Gasteiger partial charge on any atom is -0.461 e. The van der Waals surface area contributed by atoms with Gasteiger partial charge in [-0.25, -0.2) is 4.99 Å². The summed E-state index contributed by atoms with van der Waals surface area (Å²) in [5.74, 6) is -1.02. The first-order valence-electron chi connectivity index (χ1n) is 16.9. The van der Waals surface area contributed by atoms with Crippen LogP contribution in [0.4, 0.5) is 0 Å². The van der Waals surface area contributed by atoms with Gasteiger partial charge in [0.2, 0.25) is 0 Å². The summed E-state index contributed by atoms with van der Waals surface area (Å²) in [6.07, 6.45) is 13.1. The molecule has 0 spiro atoms. The molecular formula is C40H44N4O6. The third kappa shape index (κ3) is 7.10. The van der Waals surface area contributed by atoms with E-state index >= 15 is 0 Å². The molecule has 2 aromatic rings. The van der Waals surface area contributed by atoms with Gasteiger partial charge in [-0.1, -0.05) is 44.9 Å². The largest absolute Gasteiger partial charge is 0.461 e. The number of ether oxygens (including phenoxy) is 2. The predicted octanol–water partition coefficient (Wildman–Crippen LogP) is 4.43. The van der Waals surface area contributed by atoms with E-state index in [-0.39, 0.29) is 49.8 Å². The zero-order valence-corrected chi connectivity index (χ0v) is 29.3. The van der Waals surface area contributed by atoms with E-state index in [4.69, 9.17) is 9.47 Å². The first-order chi connectivity index (χ1) is 24.0. The quantitative estimate of drug-likeness (QED) is 0.225. The number of esters is 2. The Balaban J connectivity index is 1.70. The summed E-state index contributed by atoms with van der Waals surface area (Å²) in [5.41, 5.74) is 9.73. The van der Waals surface area contributed by atoms with E-state index in [0.717, 1.165) is 61.1 Å². The first kappa shape index (κ1) is 35.8. The highest BCUT2D eigenvalue weighted by Crippen LogP contribution is 2.29. The smallest absolute Gasteiger partial charge is 0.306 e. The number of hydrogen-bond donors (Lipinski definition) is 2. The van der Waals surface area contributed by atoms with Gasteiger partial charge < -0.3 is 24.3 Å². The number of nitrogens with one attached hydrogen (secondary N) is 2. The second-order valence-corrected chi connectivity index (χ2v) is 12.4. The lowest BCUT2D eigenvalue weighted by atomic mass is 10.00. The second-order valence-electron chi connectivity index (χ2n) is 12.4. The van der Waals surface area contributed by atoms with Crippen LogP contribution >= 0.6 is 0 Å². The molecule has 3 aliphatic heterocycles. The van der Waals surface area contributed by atoms with Crippen molar-refractivity contribution in [1.82, 2.24) is 14.9 Å². The maximum Gasteiger partial charge on any atom is 0.306 e. The van der Waals surface area contributed by atoms with Gasteiger partial charge in [0, 0.05) is 58.2 Å². The monoisotopic (exact) mass is 676 g/mol. The molecule has 0 saturated carbocycles. The predicted molar refractivity (Wildman–Crippen MR) is 194 cm³/mol. The minimum absolute atomic E-state index is 0.134. The van der Waals surface area contributed by atoms with Crippen molar-refractivity contribution >= 4 is 47.7 Å². The van der Waals surface area contributed by atoms with Gasteiger partial charge >= 0.3 is 11.9 Å². The molecule has 260 valence electrons. The van der Waals surface area contributed by atoms with E-state index in [9.17, 15) is 19.2 Å². The summed E-state index contributed by atoms with van der Waals surface area (Å²) in [4.78, 5) is 58.4. The van der Waals surface area contributed by atoms with Gasteiger partial charge in [-0.3, -0.25) is 19.2 Å². The molecule has 0 aliphatic carbocycles. The van der Waals surface area contributed by atoms with Crippen molar-refractivity contribution in [2.75, 3.05) is 13.2 Å². The average molecular weight is 677 g/mol. The fourth-order valence-corrected chi connectivity index (χ4v) is 6.83. The third-order valence-electron chi connectivity index (χ3n) is 9.48. The Bertz CT molecular complexity index is 2080. The number of hydrogen-bond acceptors (Lipinski definition) is 6. The van der Waals surface area contributed by atoms with Crippen LogP contribution in [0.15, 0.2) is 70.9 Å². The van der Waals surface area contributed by atoms with Crippen molar-refractivity contribution in [3.63, 3.8) is 0 Å². The molecular weight excluding hydrogens is 632 g/mol. The molecule has 0 saturated heterocycles. The SMILES string of the molecule is C=CCOC(=O)CCc1c(/C=c2/c(CCC(=O)OCC=C)c(C)c3n2CCC2=C(CC)C(=O)N=C2C=3)[nH]c(/C=C2\NC(=O)C(C)=C2C=C)c1C. The molecule has 10 heteroatoms. The van der Waals surface area contributed by atoms with Crippen molar-refractivity contribution in [3.8, 4) is 0 Å². The maximum atomic E-state index is 12.7. The molecule has 5 rings (SSSR count). The van der Waals surface area contributed by atoms with Gasteiger partial charge in [0.05, 0.1) is 11.4 Å². The molecule has 0 radical (unpaired) electrons. The highest BCUT2D eigenvalue weighted by atomic mass is 16.5. The van der Waals surface area contributed by atoms with Crippen molar-refractivity contribution in [3.05, 3.63) is 110 Å². The van der Waals surface area contributed by atoms with Crippen LogP contribution in [-0.4, -0.2) is 52.2 Å². The lowest BCUT2D eigenvalue weighted by Gasteiger charge is -2.08. The van der Waals surface area contributed by atoms with E-state index in [1.807, 2.05) is 32.9 Å². The molecule has 3 aliphatic rings. The number of rotatable bonds is 14. The molecule has 10 nitrogen and oxygen atoms in total. The fourth-order valence-electron chi connectivity index (χ4n) is 6.83. The number of carbonyl (C=O) groups is 4. The van der Waals surface area contributed by atoms with E-state index in [1.165, 1.54) is 6.08 Å². The Kier molecular flexibility index (Phi) is 11.0. The molecule has 2 amide bonds. The van der Waals surface area contributed by atoms with Crippen molar-refractivity contribution in [2.24, 2.45) is 4.99 Å². The van der Waals surface area contributed by atoms with Crippen LogP contribution in [0.5, 0.6) is 0 Å². The topological polar surface area (TPSA) is 132 Å². The summed E-state index contributed by atoms with van der Waals surface area (Å²) in [7, 11) is 0. The van der Waals surface area contributed by atoms with Gasteiger partial charge in [-0.05, 0) is 92.5 Å². The maximum absolute atomic E-state index is 12.7. The van der Waals surface area contributed by atoms with Crippen LogP contribution in [0.3, 0.4) is 0 Å². The zero-order chi connectivity index (χ0) is 36.1. The van der Waals surface area contributed by atoms with Crippen LogP contribution in [0, 0.1) is 13.8 Å². The van der Waals surface area contributed by atoms with Gasteiger partial charge in [0.15, 0.2) is 0 Å². The Hall–Kier alpha value is -5.51. The first-order valence-corrected chi connectivity index (χ1v) is 16.9. The third-order valence-corrected chi connectivity index (χ3v) is 9.48. The highest BCUT2D eigenvalue weighted by molar-refractivity contribution is 6.31. The molecule has 0 bridgehead atoms. The van der Waals surface area contributed by atoms with Gasteiger partial charge in [-0.15, -0.1) is 0 Å². The number of allylic oxidation sites excluding steroid dienone is 2. The van der Waals surface area contributed by atoms with Crippen molar-refractivity contribution < 1.29 is 28.7 Å². The molecule has 2 N–H and O–H groups in total. The van der Waals surface area contributed by atoms with Crippen LogP contribution in [0.2, 0.25) is 0 Å². The average Bonchev–Trinajstić information content (AvgIpc) is 3.69. The number of aliphatic imine (C=N–C) groups is 1. The molecule has 0 fully saturated rings. The van der Waals surface area contributed by atoms with Crippen LogP contribution < -0.4 is 16.0 Å². The van der Waals surface area contributed by atoms with Crippen molar-refractivity contribution in [2.45, 2.75) is 72.8 Å². The number of nitrogens with zero attached hydrogens (tertiary/aromatic N) is 2. The number of aromatic amines is 1. The van der Waals surface area contributed by atoms with E-state index in [2.05, 4.69) is 45.7 Å². The molecule has 0 unspecified atom stereocenters. The summed E-state index contributed by atoms with van der Waals surface area (Å²) in [6, 6.07) is 0. The Morgan fingerprint density at radius 1 is 0.940 bits per heavy atom. The fraction of sp³-hybridized carbons (Fsp3) is 0.325. The number of aromatic nitrogens is 2. The Labute approximate surface area is 292 Å². The highest BCUT2D eigenvalue weighted by Gasteiger charge is 2.28. The summed E-state index contributed by atoms with van der Waals surface area (Å²) < 4.78 is 12.8. The van der Waals surface area contributed by atoms with E-state index < -0.39 is 0 Å². The minimum atomic E-state index is -0.338. The van der Waals surface area contributed by atoms with Crippen LogP contribution in [0.1, 0.15) is 73.2 Å². The van der Waals surface area contributed by atoms with Crippen LogP contribution in [0.25, 0.3) is 18.2 Å². The molecule has 2 aromatic heterocycles. The van der Waals surface area contributed by atoms with Gasteiger partial charge in [0.25, 0.3) is 11.8 Å². The van der Waals surface area contributed by atoms with Crippen molar-refractivity contribution in [1.29, 1.82) is 0 Å². The summed E-state index contributed by atoms with van der Waals surface area (Å²) in [6.45, 7) is 19.8. The zero-order valence-electron chi connectivity index (χ0n) is 29.3. The lowest BCUT2D eigenvalue weighted by Crippen LogP contribution is -2.28. The Morgan fingerprint density at radius 3 is 2.22 bits per heavy atom. The normalized spacial score (nSPS) is 16.5. The Morgan fingerprint density at radius 2 is 1.60 bits per heavy atom. The lowest BCUT2D eigenvalue weighted by molar-refractivity contribution is -0.143. The summed E-state index contributed by atoms with van der Waals surface area (Å²) >= 11 is 0. The van der Waals surface area contributed by atoms with Crippen LogP contribution in [-0.2, 0) is 48.0 Å². The van der Waals surface area contributed by atoms with E-state index in [0.29, 0.717) is 49.2 Å². The van der Waals surface area contributed by atoms with E-state index in [1.54, 1.807) is 19.1 Å². The summed E-state index contributed by atoms with van der Waals surface area (Å²) in [5, 5.41) is 4.76. The second kappa shape index (κ2) is 15.4. The molecule has 5 heterocycles. The number of amides is 2. The number of fused-ring (bicyclic) bond motifs is 2. The number of H-pyrrole nitrogens is 1. The molecule has 50 heavy (non-hydrogen) atoms.